The van der Waals surface area contributed by atoms with E-state index in [1.54, 1.807) is 35.3 Å². The molecule has 0 aliphatic heterocycles. The van der Waals surface area contributed by atoms with Crippen molar-refractivity contribution >= 4 is 11.7 Å². The third-order valence-corrected chi connectivity index (χ3v) is 5.18. The van der Waals surface area contributed by atoms with Gasteiger partial charge in [-0.05, 0) is 42.8 Å². The first kappa shape index (κ1) is 22.1. The molecule has 4 aromatic rings. The average molecular weight is 443 g/mol. The molecule has 0 spiro atoms. The van der Waals surface area contributed by atoms with E-state index in [2.05, 4.69) is 46.1 Å². The van der Waals surface area contributed by atoms with Gasteiger partial charge in [0.1, 0.15) is 17.9 Å². The number of benzene rings is 1. The fourth-order valence-corrected chi connectivity index (χ4v) is 3.21. The van der Waals surface area contributed by atoms with Gasteiger partial charge in [0.05, 0.1) is 17.0 Å². The van der Waals surface area contributed by atoms with E-state index in [1.807, 2.05) is 38.2 Å². The van der Waals surface area contributed by atoms with Crippen molar-refractivity contribution in [2.75, 3.05) is 5.32 Å². The van der Waals surface area contributed by atoms with Crippen molar-refractivity contribution in [2.45, 2.75) is 33.1 Å². The molecule has 0 saturated carbocycles. The SMILES string of the molecule is Cc1ccc(C(=O)Nc2cc(C(C)(C)C)nn2C)cc1Oc1ncccc1-c1ccncn1. The molecule has 8 nitrogen and oxygen atoms in total. The number of nitrogens with one attached hydrogen (secondary N) is 1. The molecule has 0 fully saturated rings. The zero-order valence-corrected chi connectivity index (χ0v) is 19.3. The van der Waals surface area contributed by atoms with Crippen molar-refractivity contribution in [3.05, 3.63) is 78.0 Å². The van der Waals surface area contributed by atoms with Gasteiger partial charge >= 0.3 is 0 Å². The minimum absolute atomic E-state index is 0.115. The summed E-state index contributed by atoms with van der Waals surface area (Å²) in [5, 5.41) is 7.45. The number of ether oxygens (including phenoxy) is 1. The van der Waals surface area contributed by atoms with Crippen LogP contribution in [0.4, 0.5) is 5.82 Å². The molecule has 0 aliphatic rings. The Labute approximate surface area is 192 Å². The molecule has 0 unspecified atom stereocenters. The van der Waals surface area contributed by atoms with Crippen molar-refractivity contribution in [3.8, 4) is 22.9 Å². The van der Waals surface area contributed by atoms with Crippen LogP contribution in [0.25, 0.3) is 11.3 Å². The van der Waals surface area contributed by atoms with Gasteiger partial charge in [0.2, 0.25) is 5.88 Å². The summed E-state index contributed by atoms with van der Waals surface area (Å²) >= 11 is 0. The summed E-state index contributed by atoms with van der Waals surface area (Å²) < 4.78 is 7.81. The maximum absolute atomic E-state index is 13.0. The molecule has 0 radical (unpaired) electrons. The second-order valence-electron chi connectivity index (χ2n) is 8.78. The fraction of sp³-hybridized carbons (Fsp3) is 0.240. The molecular weight excluding hydrogens is 416 g/mol. The van der Waals surface area contributed by atoms with E-state index in [1.165, 1.54) is 6.33 Å². The van der Waals surface area contributed by atoms with E-state index in [4.69, 9.17) is 4.74 Å². The number of hydrogen-bond donors (Lipinski definition) is 1. The highest BCUT2D eigenvalue weighted by molar-refractivity contribution is 6.04. The van der Waals surface area contributed by atoms with Gasteiger partial charge < -0.3 is 10.1 Å². The van der Waals surface area contributed by atoms with Gasteiger partial charge in [-0.15, -0.1) is 0 Å². The number of nitrogens with zero attached hydrogens (tertiary/aromatic N) is 5. The smallest absolute Gasteiger partial charge is 0.256 e. The van der Waals surface area contributed by atoms with E-state index in [0.717, 1.165) is 16.8 Å². The maximum Gasteiger partial charge on any atom is 0.256 e. The third-order valence-electron chi connectivity index (χ3n) is 5.18. The van der Waals surface area contributed by atoms with Gasteiger partial charge in [-0.3, -0.25) is 9.48 Å². The van der Waals surface area contributed by atoms with Crippen LogP contribution in [-0.4, -0.2) is 30.6 Å². The van der Waals surface area contributed by atoms with Crippen LogP contribution in [0.15, 0.2) is 61.2 Å². The molecule has 1 aromatic carbocycles. The Morgan fingerprint density at radius 2 is 1.88 bits per heavy atom. The first-order valence-corrected chi connectivity index (χ1v) is 10.6. The minimum atomic E-state index is -0.250. The average Bonchev–Trinajstić information content (AvgIpc) is 3.17. The first-order valence-electron chi connectivity index (χ1n) is 10.6. The van der Waals surface area contributed by atoms with Crippen molar-refractivity contribution in [3.63, 3.8) is 0 Å². The van der Waals surface area contributed by atoms with Gasteiger partial charge in [-0.25, -0.2) is 15.0 Å². The van der Waals surface area contributed by atoms with Crippen LogP contribution >= 0.6 is 0 Å². The van der Waals surface area contributed by atoms with Crippen LogP contribution in [0, 0.1) is 6.92 Å². The van der Waals surface area contributed by atoms with Crippen molar-refractivity contribution in [1.82, 2.24) is 24.7 Å². The molecule has 0 bridgehead atoms. The highest BCUT2D eigenvalue weighted by atomic mass is 16.5. The summed E-state index contributed by atoms with van der Waals surface area (Å²) in [6.45, 7) is 8.16. The molecule has 0 aliphatic carbocycles. The predicted molar refractivity (Wildman–Crippen MR) is 126 cm³/mol. The number of aromatic nitrogens is 5. The molecule has 0 atom stereocenters. The Morgan fingerprint density at radius 1 is 1.06 bits per heavy atom. The van der Waals surface area contributed by atoms with Gasteiger partial charge in [0.25, 0.3) is 5.91 Å². The Hall–Kier alpha value is -4.07. The largest absolute Gasteiger partial charge is 0.438 e. The van der Waals surface area contributed by atoms with Crippen LogP contribution in [-0.2, 0) is 12.5 Å². The third kappa shape index (κ3) is 4.90. The van der Waals surface area contributed by atoms with Crippen LogP contribution in [0.2, 0.25) is 0 Å². The summed E-state index contributed by atoms with van der Waals surface area (Å²) in [6.07, 6.45) is 4.80. The Morgan fingerprint density at radius 3 is 2.58 bits per heavy atom. The lowest BCUT2D eigenvalue weighted by Gasteiger charge is -2.13. The van der Waals surface area contributed by atoms with Crippen molar-refractivity contribution in [2.24, 2.45) is 7.05 Å². The quantitative estimate of drug-likeness (QED) is 0.471. The summed E-state index contributed by atoms with van der Waals surface area (Å²) in [6, 6.07) is 12.7. The van der Waals surface area contributed by atoms with Crippen LogP contribution < -0.4 is 10.1 Å². The predicted octanol–water partition coefficient (Wildman–Crippen LogP) is 4.92. The van der Waals surface area contributed by atoms with Gasteiger partial charge in [0, 0.05) is 36.5 Å². The Balaban J connectivity index is 1.60. The summed E-state index contributed by atoms with van der Waals surface area (Å²) in [4.78, 5) is 25.6. The Bertz CT molecular complexity index is 1290. The summed E-state index contributed by atoms with van der Waals surface area (Å²) in [5.74, 6) is 1.32. The van der Waals surface area contributed by atoms with Crippen molar-refractivity contribution < 1.29 is 9.53 Å². The highest BCUT2D eigenvalue weighted by Crippen LogP contribution is 2.32. The number of anilines is 1. The molecule has 3 heterocycles. The van der Waals surface area contributed by atoms with Gasteiger partial charge in [-0.2, -0.15) is 5.10 Å². The van der Waals surface area contributed by atoms with E-state index >= 15 is 0 Å². The molecule has 1 amide bonds. The number of rotatable bonds is 5. The lowest BCUT2D eigenvalue weighted by atomic mass is 9.92. The lowest BCUT2D eigenvalue weighted by Crippen LogP contribution is -2.14. The monoisotopic (exact) mass is 442 g/mol. The molecule has 3 aromatic heterocycles. The van der Waals surface area contributed by atoms with Crippen LogP contribution in [0.5, 0.6) is 11.6 Å². The molecule has 1 N–H and O–H groups in total. The molecule has 0 saturated heterocycles. The normalized spacial score (nSPS) is 11.3. The second-order valence-corrected chi connectivity index (χ2v) is 8.78. The summed E-state index contributed by atoms with van der Waals surface area (Å²) in [5.41, 5.74) is 3.57. The standard InChI is InChI=1S/C25H26N6O2/c1-16-8-9-17(23(32)29-22-14-21(25(2,3)4)30-31(22)5)13-20(16)33-24-18(7-6-11-27-24)19-10-12-26-15-28-19/h6-15H,1-5H3,(H,29,32). The molecule has 168 valence electrons. The van der Waals surface area contributed by atoms with E-state index < -0.39 is 0 Å². The van der Waals surface area contributed by atoms with Gasteiger partial charge in [0.15, 0.2) is 0 Å². The lowest BCUT2D eigenvalue weighted by molar-refractivity contribution is 0.102. The molecule has 4 rings (SSSR count). The van der Waals surface area contributed by atoms with Gasteiger partial charge in [-0.1, -0.05) is 26.8 Å². The number of aryl methyl sites for hydroxylation is 2. The van der Waals surface area contributed by atoms with E-state index in [9.17, 15) is 4.79 Å². The molecular formula is C25H26N6O2. The zero-order valence-electron chi connectivity index (χ0n) is 19.3. The van der Waals surface area contributed by atoms with Crippen LogP contribution in [0.1, 0.15) is 42.4 Å². The van der Waals surface area contributed by atoms with E-state index in [-0.39, 0.29) is 11.3 Å². The second kappa shape index (κ2) is 8.82. The minimum Gasteiger partial charge on any atom is -0.438 e. The molecule has 33 heavy (non-hydrogen) atoms. The fourth-order valence-electron chi connectivity index (χ4n) is 3.21. The number of hydrogen-bond acceptors (Lipinski definition) is 6. The van der Waals surface area contributed by atoms with Crippen LogP contribution in [0.3, 0.4) is 0 Å². The zero-order chi connectivity index (χ0) is 23.6. The van der Waals surface area contributed by atoms with E-state index in [0.29, 0.717) is 28.7 Å². The Kier molecular flexibility index (Phi) is 5.91. The topological polar surface area (TPSA) is 94.8 Å². The highest BCUT2D eigenvalue weighted by Gasteiger charge is 2.20. The first-order chi connectivity index (χ1) is 15.7. The van der Waals surface area contributed by atoms with Crippen molar-refractivity contribution in [1.29, 1.82) is 0 Å². The number of amides is 1. The molecule has 8 heteroatoms. The number of carbonyl (C=O) groups excluding carboxylic acids is 1. The maximum atomic E-state index is 13.0. The number of pyridine rings is 1. The number of carbonyl (C=O) groups is 1. The summed E-state index contributed by atoms with van der Waals surface area (Å²) in [7, 11) is 1.81.